The number of aromatic nitrogens is 2. The van der Waals surface area contributed by atoms with Crippen LogP contribution in [0, 0.1) is 0 Å². The highest BCUT2D eigenvalue weighted by Gasteiger charge is 2.08. The van der Waals surface area contributed by atoms with Crippen LogP contribution in [0.1, 0.15) is 44.9 Å². The highest BCUT2D eigenvalue weighted by molar-refractivity contribution is 5.80. The number of unbranched alkanes of at least 4 members (excludes halogenated alkanes) is 2. The fraction of sp³-hybridized carbons (Fsp3) is 0.692. The minimum atomic E-state index is 0.283. The smallest absolute Gasteiger partial charge is 0.140 e. The normalized spacial score (nSPS) is 10.7. The molecule has 2 N–H and O–H groups in total. The van der Waals surface area contributed by atoms with Gasteiger partial charge in [-0.1, -0.05) is 13.3 Å². The molecule has 4 nitrogen and oxygen atoms in total. The Bertz CT molecular complexity index is 333. The SMILES string of the molecule is CCCn1ccnc1CC(=O)CCCCCN. The van der Waals surface area contributed by atoms with E-state index in [9.17, 15) is 4.79 Å². The summed E-state index contributed by atoms with van der Waals surface area (Å²) in [6.07, 6.45) is 8.91. The van der Waals surface area contributed by atoms with E-state index < -0.39 is 0 Å². The molecule has 17 heavy (non-hydrogen) atoms. The first kappa shape index (κ1) is 13.9. The molecule has 0 radical (unpaired) electrons. The summed E-state index contributed by atoms with van der Waals surface area (Å²) in [6.45, 7) is 3.78. The van der Waals surface area contributed by atoms with Crippen LogP contribution in [0.2, 0.25) is 0 Å². The molecule has 0 bridgehead atoms. The number of imidazole rings is 1. The minimum Gasteiger partial charge on any atom is -0.335 e. The Hall–Kier alpha value is -1.16. The lowest BCUT2D eigenvalue weighted by Crippen LogP contribution is -2.10. The molecule has 0 aliphatic heterocycles. The lowest BCUT2D eigenvalue weighted by molar-refractivity contribution is -0.118. The second-order valence-corrected chi connectivity index (χ2v) is 4.35. The van der Waals surface area contributed by atoms with Crippen molar-refractivity contribution in [2.24, 2.45) is 5.73 Å². The van der Waals surface area contributed by atoms with Crippen LogP contribution >= 0.6 is 0 Å². The maximum atomic E-state index is 11.7. The Balaban J connectivity index is 2.31. The van der Waals surface area contributed by atoms with Gasteiger partial charge in [-0.05, 0) is 25.8 Å². The van der Waals surface area contributed by atoms with Gasteiger partial charge in [0.05, 0.1) is 6.42 Å². The zero-order valence-corrected chi connectivity index (χ0v) is 10.7. The number of Topliss-reactive ketones (excluding diaryl/α,β-unsaturated/α-hetero) is 1. The van der Waals surface area contributed by atoms with Crippen LogP contribution in [0.15, 0.2) is 12.4 Å². The van der Waals surface area contributed by atoms with E-state index in [-0.39, 0.29) is 5.78 Å². The quantitative estimate of drug-likeness (QED) is 0.667. The van der Waals surface area contributed by atoms with Crippen molar-refractivity contribution < 1.29 is 4.79 Å². The molecule has 4 heteroatoms. The highest BCUT2D eigenvalue weighted by Crippen LogP contribution is 2.05. The molecule has 0 spiro atoms. The molecule has 0 unspecified atom stereocenters. The van der Waals surface area contributed by atoms with E-state index >= 15 is 0 Å². The van der Waals surface area contributed by atoms with Gasteiger partial charge in [0.15, 0.2) is 0 Å². The number of hydrogen-bond donors (Lipinski definition) is 1. The van der Waals surface area contributed by atoms with Crippen LogP contribution in [-0.4, -0.2) is 21.9 Å². The number of nitrogens with zero attached hydrogens (tertiary/aromatic N) is 2. The van der Waals surface area contributed by atoms with Crippen molar-refractivity contribution in [3.8, 4) is 0 Å². The number of nitrogens with two attached hydrogens (primary N) is 1. The molecule has 1 heterocycles. The van der Waals surface area contributed by atoms with Crippen LogP contribution in [0.3, 0.4) is 0 Å². The molecule has 0 saturated carbocycles. The van der Waals surface area contributed by atoms with Crippen molar-refractivity contribution in [2.45, 2.75) is 52.0 Å². The number of rotatable bonds is 9. The molecule has 0 amide bonds. The first-order valence-corrected chi connectivity index (χ1v) is 6.49. The van der Waals surface area contributed by atoms with Gasteiger partial charge in [0, 0.05) is 25.4 Å². The van der Waals surface area contributed by atoms with Gasteiger partial charge in [0.1, 0.15) is 11.6 Å². The summed E-state index contributed by atoms with van der Waals surface area (Å²) >= 11 is 0. The summed E-state index contributed by atoms with van der Waals surface area (Å²) in [5, 5.41) is 0. The van der Waals surface area contributed by atoms with E-state index in [0.717, 1.165) is 44.6 Å². The molecular formula is C13H23N3O. The number of carbonyl (C=O) groups is 1. The van der Waals surface area contributed by atoms with Crippen molar-refractivity contribution in [2.75, 3.05) is 6.54 Å². The molecule has 96 valence electrons. The predicted octanol–water partition coefficient (Wildman–Crippen LogP) is 1.92. The first-order valence-electron chi connectivity index (χ1n) is 6.49. The third-order valence-corrected chi connectivity index (χ3v) is 2.78. The predicted molar refractivity (Wildman–Crippen MR) is 68.8 cm³/mol. The van der Waals surface area contributed by atoms with E-state index in [1.54, 1.807) is 6.20 Å². The van der Waals surface area contributed by atoms with E-state index in [2.05, 4.69) is 16.5 Å². The molecule has 0 aliphatic carbocycles. The van der Waals surface area contributed by atoms with E-state index in [0.29, 0.717) is 12.8 Å². The van der Waals surface area contributed by atoms with E-state index in [4.69, 9.17) is 5.73 Å². The number of hydrogen-bond acceptors (Lipinski definition) is 3. The van der Waals surface area contributed by atoms with Gasteiger partial charge in [0.2, 0.25) is 0 Å². The lowest BCUT2D eigenvalue weighted by Gasteiger charge is -2.05. The van der Waals surface area contributed by atoms with Gasteiger partial charge in [-0.2, -0.15) is 0 Å². The standard InChI is InChI=1S/C13H23N3O/c1-2-9-16-10-8-15-13(16)11-12(17)6-4-3-5-7-14/h8,10H,2-7,9,11,14H2,1H3. The number of ketones is 1. The van der Waals surface area contributed by atoms with Gasteiger partial charge in [0.25, 0.3) is 0 Å². The molecule has 1 rings (SSSR count). The molecule has 0 aromatic carbocycles. The van der Waals surface area contributed by atoms with Crippen LogP contribution in [0.25, 0.3) is 0 Å². The number of aryl methyl sites for hydroxylation is 1. The zero-order valence-electron chi connectivity index (χ0n) is 10.7. The molecule has 1 aromatic heterocycles. The van der Waals surface area contributed by atoms with Gasteiger partial charge >= 0.3 is 0 Å². The Labute approximate surface area is 103 Å². The van der Waals surface area contributed by atoms with Crippen LogP contribution < -0.4 is 5.73 Å². The van der Waals surface area contributed by atoms with Crippen LogP contribution in [0.5, 0.6) is 0 Å². The summed E-state index contributed by atoms with van der Waals surface area (Å²) < 4.78 is 2.07. The Kier molecular flexibility index (Phi) is 6.55. The average molecular weight is 237 g/mol. The second kappa shape index (κ2) is 8.01. The summed E-state index contributed by atoms with van der Waals surface area (Å²) in [7, 11) is 0. The molecule has 0 atom stereocenters. The second-order valence-electron chi connectivity index (χ2n) is 4.35. The van der Waals surface area contributed by atoms with Crippen LogP contribution in [-0.2, 0) is 17.8 Å². The minimum absolute atomic E-state index is 0.283. The maximum absolute atomic E-state index is 11.7. The van der Waals surface area contributed by atoms with Crippen molar-refractivity contribution in [1.29, 1.82) is 0 Å². The van der Waals surface area contributed by atoms with Gasteiger partial charge < -0.3 is 10.3 Å². The van der Waals surface area contributed by atoms with Gasteiger partial charge in [-0.15, -0.1) is 0 Å². The Morgan fingerprint density at radius 1 is 1.41 bits per heavy atom. The van der Waals surface area contributed by atoms with Crippen LogP contribution in [0.4, 0.5) is 0 Å². The topological polar surface area (TPSA) is 60.9 Å². The lowest BCUT2D eigenvalue weighted by atomic mass is 10.1. The summed E-state index contributed by atoms with van der Waals surface area (Å²) in [5.74, 6) is 1.18. The maximum Gasteiger partial charge on any atom is 0.140 e. The van der Waals surface area contributed by atoms with Crippen molar-refractivity contribution in [3.63, 3.8) is 0 Å². The Morgan fingerprint density at radius 2 is 2.24 bits per heavy atom. The summed E-state index contributed by atoms with van der Waals surface area (Å²) in [6, 6.07) is 0. The first-order chi connectivity index (χ1) is 8.27. The summed E-state index contributed by atoms with van der Waals surface area (Å²) in [5.41, 5.74) is 5.41. The highest BCUT2D eigenvalue weighted by atomic mass is 16.1. The third kappa shape index (κ3) is 5.13. The van der Waals surface area contributed by atoms with Crippen molar-refractivity contribution >= 4 is 5.78 Å². The molecule has 0 fully saturated rings. The molecule has 1 aromatic rings. The van der Waals surface area contributed by atoms with Crippen molar-refractivity contribution in [1.82, 2.24) is 9.55 Å². The summed E-state index contributed by atoms with van der Waals surface area (Å²) in [4.78, 5) is 16.0. The third-order valence-electron chi connectivity index (χ3n) is 2.78. The molecule has 0 aliphatic rings. The van der Waals surface area contributed by atoms with E-state index in [1.165, 1.54) is 0 Å². The zero-order chi connectivity index (χ0) is 12.5. The average Bonchev–Trinajstić information content (AvgIpc) is 2.73. The largest absolute Gasteiger partial charge is 0.335 e. The van der Waals surface area contributed by atoms with Crippen molar-refractivity contribution in [3.05, 3.63) is 18.2 Å². The molecule has 0 saturated heterocycles. The fourth-order valence-corrected chi connectivity index (χ4v) is 1.86. The number of carbonyl (C=O) groups excluding carboxylic acids is 1. The fourth-order valence-electron chi connectivity index (χ4n) is 1.86. The van der Waals surface area contributed by atoms with Gasteiger partial charge in [-0.25, -0.2) is 4.98 Å². The van der Waals surface area contributed by atoms with E-state index in [1.807, 2.05) is 6.20 Å². The van der Waals surface area contributed by atoms with Gasteiger partial charge in [-0.3, -0.25) is 4.79 Å². The monoisotopic (exact) mass is 237 g/mol. The Morgan fingerprint density at radius 3 is 2.94 bits per heavy atom. The molecular weight excluding hydrogens is 214 g/mol.